The Kier molecular flexibility index (Phi) is 3.08. The molecule has 2 N–H and O–H groups in total. The van der Waals surface area contributed by atoms with Gasteiger partial charge in [0.05, 0.1) is 5.69 Å². The Morgan fingerprint density at radius 1 is 1.44 bits per heavy atom. The number of carbonyl (C=O) groups is 1. The van der Waals surface area contributed by atoms with Gasteiger partial charge in [-0.05, 0) is 11.6 Å². The molecule has 96 valence electrons. The highest BCUT2D eigenvalue weighted by Crippen LogP contribution is 2.42. The van der Waals surface area contributed by atoms with Gasteiger partial charge in [-0.25, -0.2) is 0 Å². The summed E-state index contributed by atoms with van der Waals surface area (Å²) in [4.78, 5) is 13.3. The molecular formula is C12H16BNO4. The Bertz CT molecular complexity index is 487. The molecule has 1 aromatic rings. The van der Waals surface area contributed by atoms with E-state index in [0.29, 0.717) is 12.3 Å². The zero-order valence-corrected chi connectivity index (χ0v) is 10.7. The minimum Gasteiger partial charge on any atom is -0.512 e. The summed E-state index contributed by atoms with van der Waals surface area (Å²) in [5, 5.41) is 17.6. The summed E-state index contributed by atoms with van der Waals surface area (Å²) >= 11 is 0. The Labute approximate surface area is 106 Å². The van der Waals surface area contributed by atoms with Crippen LogP contribution in [0.3, 0.4) is 0 Å². The number of anilines is 1. The monoisotopic (exact) mass is 249 g/mol. The molecule has 0 aromatic heterocycles. The molecule has 0 aliphatic carbocycles. The van der Waals surface area contributed by atoms with Crippen molar-refractivity contribution in [2.24, 2.45) is 0 Å². The normalized spacial score (nSPS) is 16.4. The maximum absolute atomic E-state index is 11.6. The summed E-state index contributed by atoms with van der Waals surface area (Å²) in [5.74, 6) is 0.288. The number of rotatable bonds is 2. The summed E-state index contributed by atoms with van der Waals surface area (Å²) < 4.78 is 4.81. The second kappa shape index (κ2) is 4.30. The summed E-state index contributed by atoms with van der Waals surface area (Å²) in [6.07, 6.45) is 0. The third-order valence-electron chi connectivity index (χ3n) is 3.16. The lowest BCUT2D eigenvalue weighted by Gasteiger charge is -2.19. The maximum atomic E-state index is 11.6. The van der Waals surface area contributed by atoms with Gasteiger partial charge in [0.25, 0.3) is 0 Å². The second-order valence-electron chi connectivity index (χ2n) is 5.11. The second-order valence-corrected chi connectivity index (χ2v) is 5.11. The van der Waals surface area contributed by atoms with Crippen LogP contribution in [0, 0.1) is 0 Å². The van der Waals surface area contributed by atoms with Crippen molar-refractivity contribution in [1.29, 1.82) is 0 Å². The third kappa shape index (κ3) is 2.21. The van der Waals surface area contributed by atoms with E-state index in [-0.39, 0.29) is 11.3 Å². The summed E-state index contributed by atoms with van der Waals surface area (Å²) in [5.41, 5.74) is 1.71. The first-order valence-electron chi connectivity index (χ1n) is 5.77. The van der Waals surface area contributed by atoms with Gasteiger partial charge in [-0.15, -0.1) is 0 Å². The molecule has 1 aliphatic rings. The van der Waals surface area contributed by atoms with Crippen LogP contribution >= 0.6 is 0 Å². The number of amides is 1. The molecule has 5 nitrogen and oxygen atoms in total. The molecule has 1 aliphatic heterocycles. The molecule has 0 atom stereocenters. The Hall–Kier alpha value is -1.53. The van der Waals surface area contributed by atoms with Crippen LogP contribution in [0.1, 0.15) is 26.3 Å². The molecule has 2 rings (SSSR count). The quantitative estimate of drug-likeness (QED) is 0.756. The third-order valence-corrected chi connectivity index (χ3v) is 3.16. The van der Waals surface area contributed by atoms with Crippen LogP contribution in [-0.4, -0.2) is 29.8 Å². The van der Waals surface area contributed by atoms with Crippen molar-refractivity contribution in [3.63, 3.8) is 0 Å². The molecule has 0 radical (unpaired) electrons. The minimum atomic E-state index is -1.86. The summed E-state index contributed by atoms with van der Waals surface area (Å²) in [7, 11) is -1.86. The SMILES string of the molecule is CC(=O)N1CC(C)(C)c2ccc(OB(O)O)cc21. The Morgan fingerprint density at radius 3 is 2.67 bits per heavy atom. The van der Waals surface area contributed by atoms with Crippen molar-refractivity contribution < 1.29 is 19.5 Å². The first-order chi connectivity index (χ1) is 8.31. The Morgan fingerprint density at radius 2 is 2.11 bits per heavy atom. The minimum absolute atomic E-state index is 0.0384. The van der Waals surface area contributed by atoms with Crippen LogP contribution in [-0.2, 0) is 10.2 Å². The van der Waals surface area contributed by atoms with Gasteiger partial charge in [-0.1, -0.05) is 19.9 Å². The molecule has 6 heteroatoms. The number of benzene rings is 1. The van der Waals surface area contributed by atoms with E-state index in [1.54, 1.807) is 17.0 Å². The zero-order chi connectivity index (χ0) is 13.5. The predicted octanol–water partition coefficient (Wildman–Crippen LogP) is 0.679. The summed E-state index contributed by atoms with van der Waals surface area (Å²) in [6, 6.07) is 5.19. The van der Waals surface area contributed by atoms with Crippen molar-refractivity contribution in [2.45, 2.75) is 26.2 Å². The predicted molar refractivity (Wildman–Crippen MR) is 68.3 cm³/mol. The number of hydrogen-bond acceptors (Lipinski definition) is 4. The van der Waals surface area contributed by atoms with E-state index in [4.69, 9.17) is 14.7 Å². The molecular weight excluding hydrogens is 233 g/mol. The fourth-order valence-electron chi connectivity index (χ4n) is 2.35. The van der Waals surface area contributed by atoms with Crippen molar-refractivity contribution >= 4 is 18.9 Å². The number of carbonyl (C=O) groups excluding carboxylic acids is 1. The van der Waals surface area contributed by atoms with Crippen molar-refractivity contribution in [3.05, 3.63) is 23.8 Å². The average molecular weight is 249 g/mol. The van der Waals surface area contributed by atoms with Crippen molar-refractivity contribution in [3.8, 4) is 5.75 Å². The largest absolute Gasteiger partial charge is 0.707 e. The maximum Gasteiger partial charge on any atom is 0.707 e. The van der Waals surface area contributed by atoms with E-state index < -0.39 is 7.32 Å². The van der Waals surface area contributed by atoms with Crippen molar-refractivity contribution in [2.75, 3.05) is 11.4 Å². The first-order valence-corrected chi connectivity index (χ1v) is 5.77. The fourth-order valence-corrected chi connectivity index (χ4v) is 2.35. The van der Waals surface area contributed by atoms with Gasteiger partial charge < -0.3 is 19.6 Å². The fraction of sp³-hybridized carbons (Fsp3) is 0.417. The van der Waals surface area contributed by atoms with Gasteiger partial charge in [-0.3, -0.25) is 4.79 Å². The van der Waals surface area contributed by atoms with Crippen LogP contribution in [0.4, 0.5) is 5.69 Å². The zero-order valence-electron chi connectivity index (χ0n) is 10.7. The lowest BCUT2D eigenvalue weighted by molar-refractivity contribution is -0.116. The number of hydrogen-bond donors (Lipinski definition) is 2. The standard InChI is InChI=1S/C12H16BNO4/c1-8(15)14-7-12(2,3)10-5-4-9(6-11(10)14)18-13(16)17/h4-6,16-17H,7H2,1-3H3. The molecule has 0 unspecified atom stereocenters. The van der Waals surface area contributed by atoms with E-state index in [1.165, 1.54) is 6.92 Å². The molecule has 1 heterocycles. The smallest absolute Gasteiger partial charge is 0.512 e. The molecule has 0 saturated carbocycles. The number of nitrogens with zero attached hydrogens (tertiary/aromatic N) is 1. The van der Waals surface area contributed by atoms with Gasteiger partial charge in [0.15, 0.2) is 0 Å². The van der Waals surface area contributed by atoms with Gasteiger partial charge in [0, 0.05) is 24.9 Å². The van der Waals surface area contributed by atoms with Crippen LogP contribution in [0.2, 0.25) is 0 Å². The van der Waals surface area contributed by atoms with Gasteiger partial charge in [0.1, 0.15) is 5.75 Å². The lowest BCUT2D eigenvalue weighted by Crippen LogP contribution is -2.32. The average Bonchev–Trinajstić information content (AvgIpc) is 2.50. The van der Waals surface area contributed by atoms with Crippen LogP contribution in [0.5, 0.6) is 5.75 Å². The highest BCUT2D eigenvalue weighted by molar-refractivity contribution is 6.33. The topological polar surface area (TPSA) is 70.0 Å². The molecule has 0 fully saturated rings. The molecule has 0 bridgehead atoms. The van der Waals surface area contributed by atoms with Crippen LogP contribution in [0.15, 0.2) is 18.2 Å². The molecule has 1 aromatic carbocycles. The number of fused-ring (bicyclic) bond motifs is 1. The molecule has 18 heavy (non-hydrogen) atoms. The lowest BCUT2D eigenvalue weighted by atomic mass is 9.87. The highest BCUT2D eigenvalue weighted by Gasteiger charge is 2.37. The molecule has 0 saturated heterocycles. The van der Waals surface area contributed by atoms with E-state index in [2.05, 4.69) is 13.8 Å². The van der Waals surface area contributed by atoms with E-state index >= 15 is 0 Å². The van der Waals surface area contributed by atoms with Gasteiger partial charge in [0.2, 0.25) is 5.91 Å². The van der Waals surface area contributed by atoms with Gasteiger partial charge >= 0.3 is 7.32 Å². The van der Waals surface area contributed by atoms with E-state index in [9.17, 15) is 4.79 Å². The van der Waals surface area contributed by atoms with Crippen LogP contribution in [0.25, 0.3) is 0 Å². The van der Waals surface area contributed by atoms with E-state index in [1.807, 2.05) is 6.07 Å². The van der Waals surface area contributed by atoms with Crippen molar-refractivity contribution in [1.82, 2.24) is 0 Å². The first kappa shape index (κ1) is 12.9. The molecule has 1 amide bonds. The Balaban J connectivity index is 2.44. The van der Waals surface area contributed by atoms with E-state index in [0.717, 1.165) is 11.3 Å². The highest BCUT2D eigenvalue weighted by atomic mass is 16.6. The van der Waals surface area contributed by atoms with Gasteiger partial charge in [-0.2, -0.15) is 0 Å². The van der Waals surface area contributed by atoms with Crippen LogP contribution < -0.4 is 9.55 Å². The summed E-state index contributed by atoms with van der Waals surface area (Å²) in [6.45, 7) is 6.26. The molecule has 0 spiro atoms.